The zero-order valence-corrected chi connectivity index (χ0v) is 14.8. The van der Waals surface area contributed by atoms with E-state index in [9.17, 15) is 9.18 Å². The lowest BCUT2D eigenvalue weighted by molar-refractivity contribution is -0.121. The van der Waals surface area contributed by atoms with E-state index >= 15 is 0 Å². The van der Waals surface area contributed by atoms with Crippen molar-refractivity contribution in [2.45, 2.75) is 19.4 Å². The summed E-state index contributed by atoms with van der Waals surface area (Å²) in [5, 5.41) is 2.89. The van der Waals surface area contributed by atoms with E-state index in [0.717, 1.165) is 11.1 Å². The van der Waals surface area contributed by atoms with Gasteiger partial charge in [0.25, 0.3) is 0 Å². The fraction of sp³-hybridized carbons (Fsp3) is 0.316. The van der Waals surface area contributed by atoms with Gasteiger partial charge in [0.15, 0.2) is 11.5 Å². The SMILES string of the molecule is COc1cc(CC(=O)NC(C)c2ccc(F)cc2)cc(OC)c1OC. The Bertz CT molecular complexity index is 706. The van der Waals surface area contributed by atoms with Gasteiger partial charge in [-0.3, -0.25) is 4.79 Å². The number of benzene rings is 2. The number of amides is 1. The largest absolute Gasteiger partial charge is 0.493 e. The summed E-state index contributed by atoms with van der Waals surface area (Å²) in [4.78, 5) is 12.3. The van der Waals surface area contributed by atoms with Gasteiger partial charge in [-0.15, -0.1) is 0 Å². The van der Waals surface area contributed by atoms with Gasteiger partial charge in [0.2, 0.25) is 11.7 Å². The van der Waals surface area contributed by atoms with Gasteiger partial charge in [-0.2, -0.15) is 0 Å². The summed E-state index contributed by atoms with van der Waals surface area (Å²) in [5.74, 6) is 1.01. The predicted octanol–water partition coefficient (Wildman–Crippen LogP) is 3.27. The monoisotopic (exact) mass is 347 g/mol. The molecule has 0 bridgehead atoms. The molecule has 1 atom stereocenters. The van der Waals surface area contributed by atoms with Crippen LogP contribution in [0.1, 0.15) is 24.1 Å². The fourth-order valence-corrected chi connectivity index (χ4v) is 2.55. The highest BCUT2D eigenvalue weighted by Crippen LogP contribution is 2.38. The van der Waals surface area contributed by atoms with Gasteiger partial charge in [0.1, 0.15) is 5.82 Å². The van der Waals surface area contributed by atoms with Crippen LogP contribution in [0.4, 0.5) is 4.39 Å². The van der Waals surface area contributed by atoms with Crippen LogP contribution in [0.5, 0.6) is 17.2 Å². The second-order valence-corrected chi connectivity index (χ2v) is 5.55. The number of methoxy groups -OCH3 is 3. The van der Waals surface area contributed by atoms with Crippen molar-refractivity contribution in [3.8, 4) is 17.2 Å². The summed E-state index contributed by atoms with van der Waals surface area (Å²) in [6.07, 6.45) is 0.155. The van der Waals surface area contributed by atoms with Crippen LogP contribution in [0, 0.1) is 5.82 Å². The van der Waals surface area contributed by atoms with Crippen LogP contribution >= 0.6 is 0 Å². The molecule has 0 radical (unpaired) electrons. The maximum absolute atomic E-state index is 13.0. The Morgan fingerprint density at radius 2 is 1.60 bits per heavy atom. The minimum atomic E-state index is -0.306. The molecule has 0 saturated carbocycles. The highest BCUT2D eigenvalue weighted by Gasteiger charge is 2.16. The molecular weight excluding hydrogens is 325 g/mol. The number of halogens is 1. The molecule has 2 rings (SSSR count). The number of carbonyl (C=O) groups is 1. The zero-order valence-electron chi connectivity index (χ0n) is 14.8. The van der Waals surface area contributed by atoms with Crippen molar-refractivity contribution in [1.82, 2.24) is 5.32 Å². The highest BCUT2D eigenvalue weighted by molar-refractivity contribution is 5.79. The Balaban J connectivity index is 2.10. The molecule has 1 N–H and O–H groups in total. The summed E-state index contributed by atoms with van der Waals surface area (Å²) < 4.78 is 28.8. The molecule has 0 saturated heterocycles. The lowest BCUT2D eigenvalue weighted by Gasteiger charge is -2.16. The maximum Gasteiger partial charge on any atom is 0.224 e. The Kier molecular flexibility index (Phi) is 6.22. The Morgan fingerprint density at radius 3 is 2.08 bits per heavy atom. The molecule has 1 amide bonds. The second-order valence-electron chi connectivity index (χ2n) is 5.55. The maximum atomic E-state index is 13.0. The third-order valence-corrected chi connectivity index (χ3v) is 3.84. The molecule has 134 valence electrons. The molecule has 0 fully saturated rings. The van der Waals surface area contributed by atoms with E-state index in [2.05, 4.69) is 5.32 Å². The molecule has 0 spiro atoms. The first kappa shape index (κ1) is 18.6. The summed E-state index contributed by atoms with van der Waals surface area (Å²) in [6.45, 7) is 1.85. The summed E-state index contributed by atoms with van der Waals surface area (Å²) >= 11 is 0. The van der Waals surface area contributed by atoms with E-state index in [1.807, 2.05) is 6.92 Å². The second kappa shape index (κ2) is 8.37. The van der Waals surface area contributed by atoms with E-state index < -0.39 is 0 Å². The molecule has 0 aliphatic carbocycles. The van der Waals surface area contributed by atoms with Crippen LogP contribution in [0.15, 0.2) is 36.4 Å². The Labute approximate surface area is 146 Å². The zero-order chi connectivity index (χ0) is 18.4. The van der Waals surface area contributed by atoms with Crippen LogP contribution in [0.3, 0.4) is 0 Å². The third kappa shape index (κ3) is 4.62. The van der Waals surface area contributed by atoms with Crippen LogP contribution in [0.25, 0.3) is 0 Å². The molecule has 0 heterocycles. The van der Waals surface area contributed by atoms with Gasteiger partial charge in [0, 0.05) is 0 Å². The van der Waals surface area contributed by atoms with Gasteiger partial charge in [0.05, 0.1) is 33.8 Å². The minimum absolute atomic E-state index is 0.155. The molecular formula is C19H22FNO4. The first-order valence-electron chi connectivity index (χ1n) is 7.82. The predicted molar refractivity (Wildman–Crippen MR) is 92.8 cm³/mol. The fourth-order valence-electron chi connectivity index (χ4n) is 2.55. The van der Waals surface area contributed by atoms with E-state index in [1.54, 1.807) is 24.3 Å². The number of rotatable bonds is 7. The molecule has 5 nitrogen and oxygen atoms in total. The van der Waals surface area contributed by atoms with E-state index in [-0.39, 0.29) is 24.2 Å². The molecule has 1 unspecified atom stereocenters. The summed E-state index contributed by atoms with van der Waals surface area (Å²) in [5.41, 5.74) is 1.57. The Morgan fingerprint density at radius 1 is 1.04 bits per heavy atom. The molecule has 2 aromatic rings. The van der Waals surface area contributed by atoms with Crippen LogP contribution in [-0.4, -0.2) is 27.2 Å². The molecule has 6 heteroatoms. The van der Waals surface area contributed by atoms with Crippen LogP contribution in [-0.2, 0) is 11.2 Å². The van der Waals surface area contributed by atoms with Gasteiger partial charge in [-0.1, -0.05) is 12.1 Å². The quantitative estimate of drug-likeness (QED) is 0.835. The van der Waals surface area contributed by atoms with Crippen molar-refractivity contribution in [3.63, 3.8) is 0 Å². The molecule has 2 aromatic carbocycles. The van der Waals surface area contributed by atoms with Crippen LogP contribution in [0.2, 0.25) is 0 Å². The molecule has 0 aromatic heterocycles. The Hall–Kier alpha value is -2.76. The van der Waals surface area contributed by atoms with Crippen molar-refractivity contribution in [3.05, 3.63) is 53.3 Å². The standard InChI is InChI=1S/C19H22FNO4/c1-12(14-5-7-15(20)8-6-14)21-18(22)11-13-9-16(23-2)19(25-4)17(10-13)24-3/h5-10,12H,11H2,1-4H3,(H,21,22). The summed E-state index contributed by atoms with van der Waals surface area (Å²) in [7, 11) is 4.58. The molecule has 0 aliphatic rings. The number of hydrogen-bond acceptors (Lipinski definition) is 4. The van der Waals surface area contributed by atoms with Crippen molar-refractivity contribution in [2.75, 3.05) is 21.3 Å². The van der Waals surface area contributed by atoms with E-state index in [1.165, 1.54) is 33.5 Å². The third-order valence-electron chi connectivity index (χ3n) is 3.84. The lowest BCUT2D eigenvalue weighted by Crippen LogP contribution is -2.28. The first-order chi connectivity index (χ1) is 12.0. The number of carbonyl (C=O) groups excluding carboxylic acids is 1. The minimum Gasteiger partial charge on any atom is -0.493 e. The van der Waals surface area contributed by atoms with Crippen LogP contribution < -0.4 is 19.5 Å². The smallest absolute Gasteiger partial charge is 0.224 e. The lowest BCUT2D eigenvalue weighted by atomic mass is 10.1. The average molecular weight is 347 g/mol. The molecule has 25 heavy (non-hydrogen) atoms. The van der Waals surface area contributed by atoms with Crippen molar-refractivity contribution in [1.29, 1.82) is 0 Å². The summed E-state index contributed by atoms with van der Waals surface area (Å²) in [6, 6.07) is 9.30. The van der Waals surface area contributed by atoms with Crippen molar-refractivity contribution in [2.24, 2.45) is 0 Å². The van der Waals surface area contributed by atoms with Crippen molar-refractivity contribution < 1.29 is 23.4 Å². The van der Waals surface area contributed by atoms with Gasteiger partial charge in [-0.25, -0.2) is 4.39 Å². The highest BCUT2D eigenvalue weighted by atomic mass is 19.1. The number of ether oxygens (including phenoxy) is 3. The average Bonchev–Trinajstić information content (AvgIpc) is 2.61. The topological polar surface area (TPSA) is 56.8 Å². The molecule has 0 aliphatic heterocycles. The van der Waals surface area contributed by atoms with E-state index in [0.29, 0.717) is 17.2 Å². The number of nitrogens with one attached hydrogen (secondary N) is 1. The van der Waals surface area contributed by atoms with E-state index in [4.69, 9.17) is 14.2 Å². The van der Waals surface area contributed by atoms with Gasteiger partial charge < -0.3 is 19.5 Å². The van der Waals surface area contributed by atoms with Gasteiger partial charge >= 0.3 is 0 Å². The number of hydrogen-bond donors (Lipinski definition) is 1. The normalized spacial score (nSPS) is 11.6. The van der Waals surface area contributed by atoms with Crippen molar-refractivity contribution >= 4 is 5.91 Å². The first-order valence-corrected chi connectivity index (χ1v) is 7.82. The van der Waals surface area contributed by atoms with Gasteiger partial charge in [-0.05, 0) is 42.3 Å².